The van der Waals surface area contributed by atoms with E-state index in [0.717, 1.165) is 45.5 Å². The zero-order chi connectivity index (χ0) is 25.9. The molecule has 0 aliphatic rings. The summed E-state index contributed by atoms with van der Waals surface area (Å²) in [5, 5.41) is 10.5. The smallest absolute Gasteiger partial charge is 0.342 e. The summed E-state index contributed by atoms with van der Waals surface area (Å²) >= 11 is 1.00. The molecule has 0 atom stereocenters. The molecule has 2 aromatic heterocycles. The lowest BCUT2D eigenvalue weighted by atomic mass is 10.1. The first kappa shape index (κ1) is 23.6. The van der Waals surface area contributed by atoms with Gasteiger partial charge in [0.1, 0.15) is 10.4 Å². The van der Waals surface area contributed by atoms with E-state index >= 15 is 0 Å². The molecular formula is C32H22N2O3S. The minimum atomic E-state index is -1.05. The maximum Gasteiger partial charge on any atom is 0.342 e. The van der Waals surface area contributed by atoms with Gasteiger partial charge in [-0.3, -0.25) is 0 Å². The first-order valence-electron chi connectivity index (χ1n) is 12.1. The molecule has 0 radical (unpaired) electrons. The molecule has 0 saturated heterocycles. The SMILES string of the molecule is O=C(O)/C(=C/c1cc(-c2ccccc2)n(-c2ccccc2)c1-c1ccccc1)Sc1nc2ccccc2o1. The Hall–Kier alpha value is -4.81. The fourth-order valence-electron chi connectivity index (χ4n) is 4.46. The van der Waals surface area contributed by atoms with Crippen LogP contribution >= 0.6 is 11.8 Å². The monoisotopic (exact) mass is 514 g/mol. The number of oxazole rings is 1. The van der Waals surface area contributed by atoms with E-state index in [4.69, 9.17) is 4.42 Å². The Morgan fingerprint density at radius 1 is 0.789 bits per heavy atom. The topological polar surface area (TPSA) is 68.3 Å². The van der Waals surface area contributed by atoms with E-state index in [1.807, 2.05) is 97.1 Å². The van der Waals surface area contributed by atoms with E-state index in [1.54, 1.807) is 6.08 Å². The van der Waals surface area contributed by atoms with Crippen molar-refractivity contribution in [1.82, 2.24) is 9.55 Å². The van der Waals surface area contributed by atoms with Gasteiger partial charge in [-0.25, -0.2) is 9.78 Å². The molecule has 6 aromatic rings. The Bertz CT molecular complexity index is 1720. The van der Waals surface area contributed by atoms with E-state index in [1.165, 1.54) is 0 Å². The standard InChI is InChI=1S/C32H22N2O3S/c35-31(36)29(38-32-33-26-18-10-11-19-28(26)37-32)21-24-20-27(22-12-4-1-5-13-22)34(25-16-8-3-9-17-25)30(24)23-14-6-2-7-15-23/h1-21H,(H,35,36)/b29-21-. The molecule has 0 spiro atoms. The van der Waals surface area contributed by atoms with Crippen LogP contribution in [0.5, 0.6) is 0 Å². The van der Waals surface area contributed by atoms with Crippen LogP contribution in [0.2, 0.25) is 0 Å². The van der Waals surface area contributed by atoms with Crippen LogP contribution in [0.25, 0.3) is 45.4 Å². The summed E-state index contributed by atoms with van der Waals surface area (Å²) in [6.07, 6.45) is 1.70. The number of rotatable bonds is 7. The summed E-state index contributed by atoms with van der Waals surface area (Å²) in [6.45, 7) is 0. The Morgan fingerprint density at radius 2 is 1.39 bits per heavy atom. The van der Waals surface area contributed by atoms with Crippen LogP contribution < -0.4 is 0 Å². The van der Waals surface area contributed by atoms with Crippen LogP contribution in [-0.4, -0.2) is 20.6 Å². The molecule has 6 rings (SSSR count). The first-order chi connectivity index (χ1) is 18.7. The lowest BCUT2D eigenvalue weighted by Gasteiger charge is -2.15. The van der Waals surface area contributed by atoms with Gasteiger partial charge < -0.3 is 14.1 Å². The normalized spacial score (nSPS) is 11.6. The highest BCUT2D eigenvalue weighted by Gasteiger charge is 2.21. The van der Waals surface area contributed by atoms with Gasteiger partial charge in [0.15, 0.2) is 5.58 Å². The van der Waals surface area contributed by atoms with Gasteiger partial charge in [-0.05, 0) is 59.3 Å². The summed E-state index contributed by atoms with van der Waals surface area (Å²) in [5.74, 6) is -1.05. The number of para-hydroxylation sites is 3. The average Bonchev–Trinajstić information content (AvgIpc) is 3.55. The summed E-state index contributed by atoms with van der Waals surface area (Å²) in [5.41, 5.74) is 6.91. The van der Waals surface area contributed by atoms with Gasteiger partial charge >= 0.3 is 5.97 Å². The summed E-state index contributed by atoms with van der Waals surface area (Å²) < 4.78 is 7.99. The molecule has 1 N–H and O–H groups in total. The molecule has 4 aromatic carbocycles. The third-order valence-corrected chi connectivity index (χ3v) is 6.99. The zero-order valence-corrected chi connectivity index (χ0v) is 21.0. The van der Waals surface area contributed by atoms with Gasteiger partial charge in [0, 0.05) is 11.3 Å². The van der Waals surface area contributed by atoms with Crippen molar-refractivity contribution in [2.75, 3.05) is 0 Å². The van der Waals surface area contributed by atoms with E-state index in [0.29, 0.717) is 11.1 Å². The largest absolute Gasteiger partial charge is 0.477 e. The maximum absolute atomic E-state index is 12.4. The average molecular weight is 515 g/mol. The highest BCUT2D eigenvalue weighted by Crippen LogP contribution is 2.39. The number of hydrogen-bond acceptors (Lipinski definition) is 4. The number of aliphatic carboxylic acids is 1. The van der Waals surface area contributed by atoms with Crippen LogP contribution in [0.1, 0.15) is 5.56 Å². The number of carboxylic acids is 1. The van der Waals surface area contributed by atoms with Crippen LogP contribution in [0, 0.1) is 0 Å². The van der Waals surface area contributed by atoms with E-state index in [9.17, 15) is 9.90 Å². The fraction of sp³-hybridized carbons (Fsp3) is 0. The summed E-state index contributed by atoms with van der Waals surface area (Å²) in [6, 6.07) is 39.6. The van der Waals surface area contributed by atoms with Crippen molar-refractivity contribution >= 4 is 34.9 Å². The second kappa shape index (κ2) is 10.3. The van der Waals surface area contributed by atoms with E-state index < -0.39 is 5.97 Å². The van der Waals surface area contributed by atoms with Gasteiger partial charge in [0.2, 0.25) is 0 Å². The maximum atomic E-state index is 12.4. The quantitative estimate of drug-likeness (QED) is 0.172. The van der Waals surface area contributed by atoms with Crippen molar-refractivity contribution in [3.05, 3.63) is 132 Å². The molecule has 0 bridgehead atoms. The molecule has 184 valence electrons. The number of nitrogens with zero attached hydrogens (tertiary/aromatic N) is 2. The number of fused-ring (bicyclic) bond motifs is 1. The van der Waals surface area contributed by atoms with Gasteiger partial charge in [-0.2, -0.15) is 0 Å². The molecular weight excluding hydrogens is 492 g/mol. The Morgan fingerprint density at radius 3 is 2.05 bits per heavy atom. The highest BCUT2D eigenvalue weighted by atomic mass is 32.2. The molecule has 0 aliphatic carbocycles. The second-order valence-electron chi connectivity index (χ2n) is 8.60. The predicted molar refractivity (Wildman–Crippen MR) is 152 cm³/mol. The third kappa shape index (κ3) is 4.65. The number of benzene rings is 4. The third-order valence-electron chi connectivity index (χ3n) is 6.13. The van der Waals surface area contributed by atoms with Crippen molar-refractivity contribution in [3.63, 3.8) is 0 Å². The number of thioether (sulfide) groups is 1. The van der Waals surface area contributed by atoms with Crippen molar-refractivity contribution in [1.29, 1.82) is 0 Å². The number of carbonyl (C=O) groups is 1. The lowest BCUT2D eigenvalue weighted by molar-refractivity contribution is -0.131. The van der Waals surface area contributed by atoms with E-state index in [2.05, 4.69) is 33.8 Å². The van der Waals surface area contributed by atoms with Crippen LogP contribution in [0.3, 0.4) is 0 Å². The summed E-state index contributed by atoms with van der Waals surface area (Å²) in [7, 11) is 0. The second-order valence-corrected chi connectivity index (χ2v) is 9.59. The van der Waals surface area contributed by atoms with Crippen LogP contribution in [0.15, 0.2) is 136 Å². The van der Waals surface area contributed by atoms with Crippen molar-refractivity contribution in [2.24, 2.45) is 0 Å². The molecule has 0 fully saturated rings. The van der Waals surface area contributed by atoms with Crippen molar-refractivity contribution < 1.29 is 14.3 Å². The zero-order valence-electron chi connectivity index (χ0n) is 20.2. The summed E-state index contributed by atoms with van der Waals surface area (Å²) in [4.78, 5) is 17.0. The Labute approximate surface area is 223 Å². The Balaban J connectivity index is 1.57. The van der Waals surface area contributed by atoms with Gasteiger partial charge in [-0.1, -0.05) is 91.0 Å². The first-order valence-corrected chi connectivity index (χ1v) is 12.9. The minimum Gasteiger partial charge on any atom is -0.477 e. The molecule has 0 aliphatic heterocycles. The van der Waals surface area contributed by atoms with Gasteiger partial charge in [0.25, 0.3) is 5.22 Å². The molecule has 0 saturated carbocycles. The predicted octanol–water partition coefficient (Wildman–Crippen LogP) is 8.17. The van der Waals surface area contributed by atoms with E-state index in [-0.39, 0.29) is 10.1 Å². The van der Waals surface area contributed by atoms with Crippen LogP contribution in [0.4, 0.5) is 0 Å². The molecule has 5 nitrogen and oxygen atoms in total. The Kier molecular flexibility index (Phi) is 6.38. The lowest BCUT2D eigenvalue weighted by Crippen LogP contribution is -2.00. The number of carboxylic acid groups (broad SMARTS) is 1. The minimum absolute atomic E-state index is 0.110. The molecule has 6 heteroatoms. The molecule has 0 amide bonds. The van der Waals surface area contributed by atoms with Gasteiger partial charge in [-0.15, -0.1) is 0 Å². The molecule has 2 heterocycles. The number of aromatic nitrogens is 2. The van der Waals surface area contributed by atoms with Crippen molar-refractivity contribution in [2.45, 2.75) is 5.22 Å². The van der Waals surface area contributed by atoms with Gasteiger partial charge in [0.05, 0.1) is 11.4 Å². The molecule has 38 heavy (non-hydrogen) atoms. The van der Waals surface area contributed by atoms with Crippen LogP contribution in [-0.2, 0) is 4.79 Å². The highest BCUT2D eigenvalue weighted by molar-refractivity contribution is 8.03. The fourth-order valence-corrected chi connectivity index (χ4v) is 5.20. The van der Waals surface area contributed by atoms with Crippen molar-refractivity contribution in [3.8, 4) is 28.2 Å². The number of hydrogen-bond donors (Lipinski definition) is 1. The molecule has 0 unspecified atom stereocenters.